The highest BCUT2D eigenvalue weighted by Crippen LogP contribution is 2.28. The van der Waals surface area contributed by atoms with E-state index in [9.17, 15) is 9.90 Å². The number of nitrogens with zero attached hydrogens (tertiary/aromatic N) is 3. The molecule has 1 fully saturated rings. The maximum absolute atomic E-state index is 12.2. The van der Waals surface area contributed by atoms with Crippen LogP contribution in [0, 0.1) is 0 Å². The second-order valence-electron chi connectivity index (χ2n) is 9.95. The predicted molar refractivity (Wildman–Crippen MR) is 151 cm³/mol. The Hall–Kier alpha value is -2.96. The number of aliphatic hydroxyl groups excluding tert-OH is 1. The minimum absolute atomic E-state index is 0.0321. The second kappa shape index (κ2) is 12.1. The number of benzene rings is 3. The Morgan fingerprint density at radius 2 is 1.41 bits per heavy atom. The van der Waals surface area contributed by atoms with Crippen molar-refractivity contribution in [2.45, 2.75) is 25.0 Å². The molecule has 5 nitrogen and oxygen atoms in total. The molecule has 1 N–H and O–H groups in total. The molecule has 192 valence electrons. The number of aromatic nitrogens is 1. The molecule has 0 bridgehead atoms. The van der Waals surface area contributed by atoms with Crippen LogP contribution in [-0.4, -0.2) is 64.8 Å². The summed E-state index contributed by atoms with van der Waals surface area (Å²) in [5, 5.41) is 12.1. The van der Waals surface area contributed by atoms with E-state index < -0.39 is 6.10 Å². The molecule has 1 aliphatic rings. The highest BCUT2D eigenvalue weighted by Gasteiger charge is 2.21. The number of fused-ring (bicyclic) bond motifs is 1. The molecular weight excluding hydrogens is 482 g/mol. The molecule has 1 unspecified atom stereocenters. The van der Waals surface area contributed by atoms with Crippen molar-refractivity contribution in [3.05, 3.63) is 117 Å². The van der Waals surface area contributed by atoms with E-state index in [2.05, 4.69) is 70.5 Å². The first-order valence-corrected chi connectivity index (χ1v) is 13.5. The zero-order valence-corrected chi connectivity index (χ0v) is 21.8. The van der Waals surface area contributed by atoms with Gasteiger partial charge in [-0.25, -0.2) is 0 Å². The van der Waals surface area contributed by atoms with E-state index in [1.165, 1.54) is 11.1 Å². The van der Waals surface area contributed by atoms with Crippen molar-refractivity contribution < 1.29 is 5.11 Å². The van der Waals surface area contributed by atoms with Crippen molar-refractivity contribution >= 4 is 22.5 Å². The van der Waals surface area contributed by atoms with Gasteiger partial charge in [0.2, 0.25) is 0 Å². The summed E-state index contributed by atoms with van der Waals surface area (Å²) < 4.78 is 1.93. The van der Waals surface area contributed by atoms with Gasteiger partial charge in [-0.05, 0) is 42.3 Å². The molecule has 5 rings (SSSR count). The van der Waals surface area contributed by atoms with Gasteiger partial charge in [0.1, 0.15) is 0 Å². The fourth-order valence-electron chi connectivity index (χ4n) is 5.42. The number of hydrogen-bond acceptors (Lipinski definition) is 4. The van der Waals surface area contributed by atoms with Gasteiger partial charge in [-0.1, -0.05) is 72.3 Å². The third-order valence-electron chi connectivity index (χ3n) is 7.42. The van der Waals surface area contributed by atoms with Gasteiger partial charge in [0.15, 0.2) is 5.43 Å². The maximum Gasteiger partial charge on any atom is 0.189 e. The van der Waals surface area contributed by atoms with Crippen molar-refractivity contribution in [3.63, 3.8) is 0 Å². The molecule has 37 heavy (non-hydrogen) atoms. The molecule has 0 amide bonds. The van der Waals surface area contributed by atoms with Crippen molar-refractivity contribution in [1.82, 2.24) is 14.4 Å². The monoisotopic (exact) mass is 515 g/mol. The van der Waals surface area contributed by atoms with E-state index in [1.54, 1.807) is 30.5 Å². The summed E-state index contributed by atoms with van der Waals surface area (Å²) in [5.74, 6) is 0.392. The summed E-state index contributed by atoms with van der Waals surface area (Å²) in [4.78, 5) is 17.1. The van der Waals surface area contributed by atoms with Crippen LogP contribution in [0.5, 0.6) is 0 Å². The third-order valence-corrected chi connectivity index (χ3v) is 7.65. The Labute approximate surface area is 223 Å². The molecule has 2 heterocycles. The second-order valence-corrected chi connectivity index (χ2v) is 10.4. The number of piperazine rings is 1. The number of rotatable bonds is 9. The highest BCUT2D eigenvalue weighted by atomic mass is 35.5. The normalized spacial score (nSPS) is 15.9. The Morgan fingerprint density at radius 1 is 0.784 bits per heavy atom. The van der Waals surface area contributed by atoms with E-state index in [0.717, 1.165) is 44.7 Å². The topological polar surface area (TPSA) is 48.7 Å². The van der Waals surface area contributed by atoms with E-state index >= 15 is 0 Å². The number of halogens is 1. The number of β-amino-alcohol motifs (C(OH)–C–C–N with tert-alkyl or cyclic N) is 1. The summed E-state index contributed by atoms with van der Waals surface area (Å²) >= 11 is 6.17. The van der Waals surface area contributed by atoms with E-state index in [1.807, 2.05) is 4.57 Å². The van der Waals surface area contributed by atoms with Crippen LogP contribution in [0.15, 0.2) is 95.9 Å². The minimum atomic E-state index is -0.531. The van der Waals surface area contributed by atoms with Gasteiger partial charge in [-0.15, -0.1) is 0 Å². The zero-order valence-electron chi connectivity index (χ0n) is 21.0. The summed E-state index contributed by atoms with van der Waals surface area (Å²) in [6, 6.07) is 28.4. The Kier molecular flexibility index (Phi) is 8.37. The SMILES string of the molecule is O=c1ccn(CC(O)CN2CCN(CCC(c3ccccc3)c3ccccc3)CC2)c2cc(Cl)ccc12. The molecular formula is C31H34ClN3O2. The summed E-state index contributed by atoms with van der Waals surface area (Å²) in [7, 11) is 0. The van der Waals surface area contributed by atoms with Gasteiger partial charge in [0, 0.05) is 67.9 Å². The van der Waals surface area contributed by atoms with Crippen molar-refractivity contribution in [2.75, 3.05) is 39.3 Å². The Bertz CT molecular complexity index is 1310. The number of hydrogen-bond donors (Lipinski definition) is 1. The molecule has 0 spiro atoms. The van der Waals surface area contributed by atoms with Gasteiger partial charge >= 0.3 is 0 Å². The van der Waals surface area contributed by atoms with Crippen LogP contribution in [0.2, 0.25) is 5.02 Å². The fraction of sp³-hybridized carbons (Fsp3) is 0.323. The van der Waals surface area contributed by atoms with Crippen LogP contribution in [0.25, 0.3) is 10.9 Å². The molecule has 1 atom stereocenters. The van der Waals surface area contributed by atoms with Crippen LogP contribution in [0.3, 0.4) is 0 Å². The summed E-state index contributed by atoms with van der Waals surface area (Å²) in [6.07, 6.45) is 2.30. The molecule has 0 radical (unpaired) electrons. The zero-order chi connectivity index (χ0) is 25.6. The number of pyridine rings is 1. The molecule has 6 heteroatoms. The van der Waals surface area contributed by atoms with E-state index in [4.69, 9.17) is 11.6 Å². The molecule has 0 aliphatic carbocycles. The lowest BCUT2D eigenvalue weighted by Gasteiger charge is -2.36. The average Bonchev–Trinajstić information content (AvgIpc) is 2.92. The predicted octanol–water partition coefficient (Wildman–Crippen LogP) is 4.86. The maximum atomic E-state index is 12.2. The summed E-state index contributed by atoms with van der Waals surface area (Å²) in [6.45, 7) is 5.96. The Balaban J connectivity index is 1.14. The molecule has 1 aliphatic heterocycles. The van der Waals surface area contributed by atoms with Gasteiger partial charge < -0.3 is 14.6 Å². The lowest BCUT2D eigenvalue weighted by molar-refractivity contribution is 0.0643. The largest absolute Gasteiger partial charge is 0.390 e. The quantitative estimate of drug-likeness (QED) is 0.346. The third kappa shape index (κ3) is 6.49. The molecule has 3 aromatic carbocycles. The van der Waals surface area contributed by atoms with Crippen LogP contribution < -0.4 is 5.43 Å². The fourth-order valence-corrected chi connectivity index (χ4v) is 5.59. The van der Waals surface area contributed by atoms with Gasteiger partial charge in [0.25, 0.3) is 0 Å². The van der Waals surface area contributed by atoms with Crippen LogP contribution in [-0.2, 0) is 6.54 Å². The molecule has 1 aromatic heterocycles. The van der Waals surface area contributed by atoms with Crippen LogP contribution >= 0.6 is 11.6 Å². The van der Waals surface area contributed by atoms with Crippen molar-refractivity contribution in [3.8, 4) is 0 Å². The first-order chi connectivity index (χ1) is 18.1. The molecule has 1 saturated heterocycles. The first-order valence-electron chi connectivity index (χ1n) is 13.1. The van der Waals surface area contributed by atoms with Gasteiger partial charge in [-0.2, -0.15) is 0 Å². The lowest BCUT2D eigenvalue weighted by atomic mass is 9.88. The lowest BCUT2D eigenvalue weighted by Crippen LogP contribution is -2.49. The van der Waals surface area contributed by atoms with Gasteiger partial charge in [0.05, 0.1) is 11.6 Å². The van der Waals surface area contributed by atoms with Crippen molar-refractivity contribution in [1.29, 1.82) is 0 Å². The summed E-state index contributed by atoms with van der Waals surface area (Å²) in [5.41, 5.74) is 3.46. The van der Waals surface area contributed by atoms with E-state index in [0.29, 0.717) is 29.4 Å². The first kappa shape index (κ1) is 25.7. The number of aliphatic hydroxyl groups is 1. The standard InChI is InChI=1S/C31H34ClN3O2/c32-26-11-12-29-30(21-26)35(16-14-31(29)37)23-27(36)22-34-19-17-33(18-20-34)15-13-28(24-7-3-1-4-8-24)25-9-5-2-6-10-25/h1-12,14,16,21,27-28,36H,13,15,17-20,22-23H2. The van der Waals surface area contributed by atoms with Gasteiger partial charge in [-0.3, -0.25) is 9.69 Å². The highest BCUT2D eigenvalue weighted by molar-refractivity contribution is 6.31. The minimum Gasteiger partial charge on any atom is -0.390 e. The smallest absolute Gasteiger partial charge is 0.189 e. The average molecular weight is 516 g/mol. The molecule has 4 aromatic rings. The van der Waals surface area contributed by atoms with Crippen LogP contribution in [0.4, 0.5) is 0 Å². The molecule has 0 saturated carbocycles. The van der Waals surface area contributed by atoms with E-state index in [-0.39, 0.29) is 5.43 Å². The van der Waals surface area contributed by atoms with Crippen molar-refractivity contribution in [2.24, 2.45) is 0 Å². The Morgan fingerprint density at radius 3 is 2.05 bits per heavy atom. The van der Waals surface area contributed by atoms with Crippen LogP contribution in [0.1, 0.15) is 23.5 Å².